The lowest BCUT2D eigenvalue weighted by Crippen LogP contribution is -2.27. The Morgan fingerprint density at radius 1 is 1.00 bits per heavy atom. The summed E-state index contributed by atoms with van der Waals surface area (Å²) in [6.07, 6.45) is 0.568. The van der Waals surface area contributed by atoms with Crippen molar-refractivity contribution in [1.29, 1.82) is 0 Å². The molecule has 0 aliphatic rings. The van der Waals surface area contributed by atoms with Gasteiger partial charge in [-0.25, -0.2) is 14.4 Å². The van der Waals surface area contributed by atoms with E-state index in [4.69, 9.17) is 14.7 Å². The number of aromatic hydroxyl groups is 1. The fourth-order valence-corrected chi connectivity index (χ4v) is 5.86. The van der Waals surface area contributed by atoms with Gasteiger partial charge in [0.1, 0.15) is 5.82 Å². The molecule has 3 heterocycles. The summed E-state index contributed by atoms with van der Waals surface area (Å²) in [6.45, 7) is 4.49. The summed E-state index contributed by atoms with van der Waals surface area (Å²) in [4.78, 5) is 25.3. The highest BCUT2D eigenvalue weighted by Gasteiger charge is 2.22. The van der Waals surface area contributed by atoms with Crippen molar-refractivity contribution >= 4 is 11.3 Å². The molecule has 0 aliphatic heterocycles. The van der Waals surface area contributed by atoms with Crippen LogP contribution in [0.15, 0.2) is 77.6 Å². The normalized spacial score (nSPS) is 11.2. The summed E-state index contributed by atoms with van der Waals surface area (Å²) in [6, 6.07) is 21.9. The number of aromatic nitrogens is 3. The van der Waals surface area contributed by atoms with E-state index in [9.17, 15) is 14.3 Å². The zero-order valence-electron chi connectivity index (χ0n) is 21.9. The molecule has 0 aliphatic carbocycles. The summed E-state index contributed by atoms with van der Waals surface area (Å²) in [5.74, 6) is -1.06. The maximum atomic E-state index is 14.3. The van der Waals surface area contributed by atoms with E-state index in [0.717, 1.165) is 32.3 Å². The second-order valence-electron chi connectivity index (χ2n) is 9.29. The van der Waals surface area contributed by atoms with Crippen LogP contribution < -0.4 is 5.56 Å². The molecular weight excluding hydrogens is 513 g/mol. The quantitative estimate of drug-likeness (QED) is 0.241. The van der Waals surface area contributed by atoms with Crippen molar-refractivity contribution in [2.45, 2.75) is 33.4 Å². The third-order valence-electron chi connectivity index (χ3n) is 6.54. The van der Waals surface area contributed by atoms with Crippen LogP contribution in [-0.4, -0.2) is 26.8 Å². The molecule has 0 fully saturated rings. The lowest BCUT2D eigenvalue weighted by molar-refractivity contribution is 0.181. The van der Waals surface area contributed by atoms with Crippen LogP contribution in [-0.2, 0) is 24.3 Å². The highest BCUT2D eigenvalue weighted by atomic mass is 32.1. The summed E-state index contributed by atoms with van der Waals surface area (Å²) >= 11 is 1.49. The highest BCUT2D eigenvalue weighted by Crippen LogP contribution is 2.38. The van der Waals surface area contributed by atoms with E-state index in [1.807, 2.05) is 61.5 Å². The van der Waals surface area contributed by atoms with Gasteiger partial charge in [0.05, 0.1) is 39.7 Å². The molecule has 0 saturated carbocycles. The molecule has 0 amide bonds. The van der Waals surface area contributed by atoms with Crippen LogP contribution in [0, 0.1) is 19.7 Å². The standard InChI is InChI=1S/C31H28FN3O3S/c1-19-17-26(39-29(19)25-14-7-11-22(34-25)18-38-3)27-20(2)33-30(23-12-8-13-24(32)28(23)36)35(31(27)37)16-15-21-9-5-4-6-10-21/h4-14,17,36H,15-16,18H2,1-3H3. The van der Waals surface area contributed by atoms with Gasteiger partial charge in [0, 0.05) is 18.5 Å². The molecule has 5 rings (SSSR count). The van der Waals surface area contributed by atoms with Gasteiger partial charge in [-0.2, -0.15) is 0 Å². The third kappa shape index (κ3) is 5.39. The number of nitrogens with zero attached hydrogens (tertiary/aromatic N) is 3. The minimum absolute atomic E-state index is 0.178. The number of rotatable bonds is 8. The van der Waals surface area contributed by atoms with Crippen LogP contribution in [0.1, 0.15) is 22.5 Å². The van der Waals surface area contributed by atoms with Crippen LogP contribution in [0.3, 0.4) is 0 Å². The zero-order valence-corrected chi connectivity index (χ0v) is 22.8. The Morgan fingerprint density at radius 3 is 2.54 bits per heavy atom. The first-order chi connectivity index (χ1) is 18.9. The molecule has 198 valence electrons. The minimum Gasteiger partial charge on any atom is -0.504 e. The Kier molecular flexibility index (Phi) is 7.67. The number of methoxy groups -OCH3 is 1. The summed E-state index contributed by atoms with van der Waals surface area (Å²) < 4.78 is 21.1. The number of phenols is 1. The van der Waals surface area contributed by atoms with Crippen molar-refractivity contribution in [3.05, 3.63) is 111 Å². The SMILES string of the molecule is COCc1cccc(-c2sc(-c3c(C)nc(-c4cccc(F)c4O)n(CCc4ccccc4)c3=O)cc2C)n1. The van der Waals surface area contributed by atoms with Gasteiger partial charge in [0.25, 0.3) is 5.56 Å². The fraction of sp³-hybridized carbons (Fsp3) is 0.194. The van der Waals surface area contributed by atoms with E-state index in [2.05, 4.69) is 0 Å². The molecule has 8 heteroatoms. The van der Waals surface area contributed by atoms with Crippen molar-refractivity contribution in [2.24, 2.45) is 0 Å². The molecule has 0 saturated heterocycles. The number of pyridine rings is 1. The summed E-state index contributed by atoms with van der Waals surface area (Å²) in [5, 5.41) is 10.5. The largest absolute Gasteiger partial charge is 0.504 e. The number of para-hydroxylation sites is 1. The Hall–Kier alpha value is -4.14. The van der Waals surface area contributed by atoms with Gasteiger partial charge in [-0.3, -0.25) is 9.36 Å². The van der Waals surface area contributed by atoms with Crippen molar-refractivity contribution in [2.75, 3.05) is 7.11 Å². The van der Waals surface area contributed by atoms with Gasteiger partial charge in [-0.15, -0.1) is 11.3 Å². The average Bonchev–Trinajstić information content (AvgIpc) is 3.31. The second-order valence-corrected chi connectivity index (χ2v) is 10.3. The first kappa shape index (κ1) is 26.5. The monoisotopic (exact) mass is 541 g/mol. The molecule has 6 nitrogen and oxygen atoms in total. The molecule has 0 radical (unpaired) electrons. The summed E-state index contributed by atoms with van der Waals surface area (Å²) in [7, 11) is 1.63. The average molecular weight is 542 g/mol. The molecule has 39 heavy (non-hydrogen) atoms. The topological polar surface area (TPSA) is 77.2 Å². The lowest BCUT2D eigenvalue weighted by Gasteiger charge is -2.16. The lowest BCUT2D eigenvalue weighted by atomic mass is 10.1. The third-order valence-corrected chi connectivity index (χ3v) is 7.82. The van der Waals surface area contributed by atoms with Gasteiger partial charge >= 0.3 is 0 Å². The Bertz CT molecular complexity index is 1700. The van der Waals surface area contributed by atoms with Crippen LogP contribution in [0.25, 0.3) is 32.4 Å². The first-order valence-corrected chi connectivity index (χ1v) is 13.4. The molecule has 0 spiro atoms. The van der Waals surface area contributed by atoms with Gasteiger partial charge < -0.3 is 9.84 Å². The van der Waals surface area contributed by atoms with Crippen molar-refractivity contribution in [3.8, 4) is 38.1 Å². The van der Waals surface area contributed by atoms with Gasteiger partial charge in [0.15, 0.2) is 11.6 Å². The van der Waals surface area contributed by atoms with E-state index in [1.165, 1.54) is 28.0 Å². The first-order valence-electron chi connectivity index (χ1n) is 12.6. The summed E-state index contributed by atoms with van der Waals surface area (Å²) in [5.41, 5.74) is 4.61. The number of hydrogen-bond donors (Lipinski definition) is 1. The van der Waals surface area contributed by atoms with E-state index < -0.39 is 11.6 Å². The Labute approximate surface area is 230 Å². The number of ether oxygens (including phenoxy) is 1. The van der Waals surface area contributed by atoms with Crippen LogP contribution in [0.4, 0.5) is 4.39 Å². The maximum Gasteiger partial charge on any atom is 0.262 e. The smallest absolute Gasteiger partial charge is 0.262 e. The van der Waals surface area contributed by atoms with E-state index in [0.29, 0.717) is 30.8 Å². The number of phenolic OH excluding ortho intramolecular Hbond substituents is 1. The fourth-order valence-electron chi connectivity index (χ4n) is 4.63. The zero-order chi connectivity index (χ0) is 27.5. The Balaban J connectivity index is 1.64. The number of thiophene rings is 1. The van der Waals surface area contributed by atoms with E-state index >= 15 is 0 Å². The van der Waals surface area contributed by atoms with Crippen molar-refractivity contribution < 1.29 is 14.2 Å². The minimum atomic E-state index is -0.764. The maximum absolute atomic E-state index is 14.3. The van der Waals surface area contributed by atoms with Crippen LogP contribution in [0.5, 0.6) is 5.75 Å². The second kappa shape index (κ2) is 11.3. The molecule has 3 aromatic heterocycles. The van der Waals surface area contributed by atoms with E-state index in [-0.39, 0.29) is 16.9 Å². The molecule has 0 unspecified atom stereocenters. The van der Waals surface area contributed by atoms with Crippen molar-refractivity contribution in [1.82, 2.24) is 14.5 Å². The predicted octanol–water partition coefficient (Wildman–Crippen LogP) is 6.55. The number of hydrogen-bond acceptors (Lipinski definition) is 6. The molecule has 1 N–H and O–H groups in total. The van der Waals surface area contributed by atoms with Crippen LogP contribution in [0.2, 0.25) is 0 Å². The van der Waals surface area contributed by atoms with Gasteiger partial charge in [-0.1, -0.05) is 42.5 Å². The highest BCUT2D eigenvalue weighted by molar-refractivity contribution is 7.19. The van der Waals surface area contributed by atoms with E-state index in [1.54, 1.807) is 20.1 Å². The number of halogens is 1. The molecule has 0 bridgehead atoms. The Morgan fingerprint density at radius 2 is 1.77 bits per heavy atom. The van der Waals surface area contributed by atoms with Gasteiger partial charge in [-0.05, 0) is 61.7 Å². The molecular formula is C31H28FN3O3S. The number of aryl methyl sites for hydroxylation is 3. The molecule has 5 aromatic rings. The van der Waals surface area contributed by atoms with Gasteiger partial charge in [0.2, 0.25) is 0 Å². The molecule has 2 aromatic carbocycles. The van der Waals surface area contributed by atoms with Crippen LogP contribution >= 0.6 is 11.3 Å². The van der Waals surface area contributed by atoms with Crippen molar-refractivity contribution in [3.63, 3.8) is 0 Å². The number of benzene rings is 2. The predicted molar refractivity (Wildman–Crippen MR) is 152 cm³/mol. The molecule has 0 atom stereocenters.